The lowest BCUT2D eigenvalue weighted by atomic mass is 9.97. The number of carbonyl (C=O) groups is 1. The molecule has 1 aromatic rings. The zero-order valence-corrected chi connectivity index (χ0v) is 13.8. The number of halogens is 1. The average Bonchev–Trinajstić information content (AvgIpc) is 2.94. The third-order valence-electron chi connectivity index (χ3n) is 4.06. The maximum absolute atomic E-state index is 12.5. The van der Waals surface area contributed by atoms with Crippen LogP contribution in [-0.4, -0.2) is 36.5 Å². The number of amides is 1. The molecule has 1 heterocycles. The second-order valence-corrected chi connectivity index (χ2v) is 6.40. The van der Waals surface area contributed by atoms with Crippen molar-refractivity contribution in [2.45, 2.75) is 38.6 Å². The van der Waals surface area contributed by atoms with Gasteiger partial charge in [0, 0.05) is 30.0 Å². The largest absolute Gasteiger partial charge is 0.339 e. The second-order valence-electron chi connectivity index (χ2n) is 5.48. The fourth-order valence-electron chi connectivity index (χ4n) is 2.83. The van der Waals surface area contributed by atoms with E-state index >= 15 is 0 Å². The smallest absolute Gasteiger partial charge is 0.223 e. The number of nitrogens with zero attached hydrogens (tertiary/aromatic N) is 1. The first-order chi connectivity index (χ1) is 9.61. The maximum Gasteiger partial charge on any atom is 0.223 e. The highest BCUT2D eigenvalue weighted by atomic mass is 79.9. The highest BCUT2D eigenvalue weighted by molar-refractivity contribution is 9.10. The van der Waals surface area contributed by atoms with Crippen molar-refractivity contribution in [3.8, 4) is 0 Å². The maximum atomic E-state index is 12.5. The van der Waals surface area contributed by atoms with Crippen molar-refractivity contribution in [3.05, 3.63) is 34.3 Å². The molecular weight excluding hydrogens is 316 g/mol. The number of hydrogen-bond acceptors (Lipinski definition) is 2. The lowest BCUT2D eigenvalue weighted by Crippen LogP contribution is -2.41. The van der Waals surface area contributed by atoms with Crippen molar-refractivity contribution in [1.29, 1.82) is 0 Å². The first kappa shape index (κ1) is 15.5. The van der Waals surface area contributed by atoms with Crippen LogP contribution in [0.1, 0.15) is 38.2 Å². The average molecular weight is 339 g/mol. The molecule has 1 aliphatic rings. The van der Waals surface area contributed by atoms with Gasteiger partial charge in [0.15, 0.2) is 0 Å². The van der Waals surface area contributed by atoms with Crippen LogP contribution < -0.4 is 5.32 Å². The van der Waals surface area contributed by atoms with Crippen molar-refractivity contribution < 1.29 is 4.79 Å². The van der Waals surface area contributed by atoms with Gasteiger partial charge in [0.05, 0.1) is 0 Å². The van der Waals surface area contributed by atoms with E-state index in [-0.39, 0.29) is 11.8 Å². The molecule has 110 valence electrons. The summed E-state index contributed by atoms with van der Waals surface area (Å²) in [4.78, 5) is 14.5. The molecule has 2 atom stereocenters. The second kappa shape index (κ2) is 7.23. The molecule has 0 saturated carbocycles. The molecule has 2 rings (SSSR count). The minimum atomic E-state index is 0.263. The van der Waals surface area contributed by atoms with E-state index in [0.29, 0.717) is 12.5 Å². The Bertz CT molecular complexity index is 440. The lowest BCUT2D eigenvalue weighted by molar-refractivity contribution is -0.133. The molecule has 1 amide bonds. The minimum absolute atomic E-state index is 0.263. The van der Waals surface area contributed by atoms with Crippen molar-refractivity contribution in [2.24, 2.45) is 0 Å². The lowest BCUT2D eigenvalue weighted by Gasteiger charge is -2.28. The monoisotopic (exact) mass is 338 g/mol. The van der Waals surface area contributed by atoms with E-state index in [0.717, 1.165) is 30.5 Å². The normalized spacial score (nSPS) is 19.9. The van der Waals surface area contributed by atoms with Gasteiger partial charge in [0.1, 0.15) is 0 Å². The molecule has 3 nitrogen and oxygen atoms in total. The summed E-state index contributed by atoms with van der Waals surface area (Å²) >= 11 is 3.44. The highest BCUT2D eigenvalue weighted by Gasteiger charge is 2.26. The molecule has 1 saturated heterocycles. The van der Waals surface area contributed by atoms with Gasteiger partial charge >= 0.3 is 0 Å². The number of hydrogen-bond donors (Lipinski definition) is 1. The number of benzene rings is 1. The van der Waals surface area contributed by atoms with E-state index in [1.54, 1.807) is 0 Å². The van der Waals surface area contributed by atoms with Gasteiger partial charge in [-0.05, 0) is 43.5 Å². The highest BCUT2D eigenvalue weighted by Crippen LogP contribution is 2.23. The Morgan fingerprint density at radius 1 is 1.45 bits per heavy atom. The molecular formula is C16H23BrN2O. The third-order valence-corrected chi connectivity index (χ3v) is 4.58. The van der Waals surface area contributed by atoms with Crippen LogP contribution in [0.3, 0.4) is 0 Å². The van der Waals surface area contributed by atoms with Crippen LogP contribution in [0.4, 0.5) is 0 Å². The zero-order chi connectivity index (χ0) is 14.5. The molecule has 0 spiro atoms. The zero-order valence-electron chi connectivity index (χ0n) is 12.2. The Morgan fingerprint density at radius 2 is 2.15 bits per heavy atom. The van der Waals surface area contributed by atoms with E-state index in [1.165, 1.54) is 5.56 Å². The molecule has 2 unspecified atom stereocenters. The van der Waals surface area contributed by atoms with Crippen LogP contribution in [0.15, 0.2) is 28.7 Å². The van der Waals surface area contributed by atoms with E-state index in [4.69, 9.17) is 0 Å². The predicted molar refractivity (Wildman–Crippen MR) is 85.8 cm³/mol. The summed E-state index contributed by atoms with van der Waals surface area (Å²) in [6, 6.07) is 8.64. The molecule has 20 heavy (non-hydrogen) atoms. The first-order valence-corrected chi connectivity index (χ1v) is 8.16. The van der Waals surface area contributed by atoms with Crippen LogP contribution in [0.2, 0.25) is 0 Å². The molecule has 0 aliphatic carbocycles. The Morgan fingerprint density at radius 3 is 2.70 bits per heavy atom. The molecule has 0 aromatic heterocycles. The molecule has 4 heteroatoms. The van der Waals surface area contributed by atoms with E-state index < -0.39 is 0 Å². The van der Waals surface area contributed by atoms with Crippen LogP contribution in [0.25, 0.3) is 0 Å². The van der Waals surface area contributed by atoms with Crippen LogP contribution in [-0.2, 0) is 4.79 Å². The Hall–Kier alpha value is -0.870. The van der Waals surface area contributed by atoms with Gasteiger partial charge in [-0.1, -0.05) is 35.0 Å². The van der Waals surface area contributed by atoms with Crippen molar-refractivity contribution in [2.75, 3.05) is 19.6 Å². The number of rotatable bonds is 5. The Labute approximate surface area is 129 Å². The van der Waals surface area contributed by atoms with Crippen LogP contribution in [0, 0.1) is 0 Å². The predicted octanol–water partition coefficient (Wildman–Crippen LogP) is 3.15. The van der Waals surface area contributed by atoms with Gasteiger partial charge < -0.3 is 10.2 Å². The van der Waals surface area contributed by atoms with Gasteiger partial charge in [-0.15, -0.1) is 0 Å². The molecule has 0 radical (unpaired) electrons. The summed E-state index contributed by atoms with van der Waals surface area (Å²) in [5.41, 5.74) is 1.22. The SMILES string of the molecule is CCN(C(=O)CC(C)c1ccc(Br)cc1)C1CCNC1. The summed E-state index contributed by atoms with van der Waals surface area (Å²) in [6.07, 6.45) is 1.66. The standard InChI is InChI=1S/C16H23BrN2O/c1-3-19(15-8-9-18-11-15)16(20)10-12(2)13-4-6-14(17)7-5-13/h4-7,12,15,18H,3,8-11H2,1-2H3. The third kappa shape index (κ3) is 3.83. The van der Waals surface area contributed by atoms with Gasteiger partial charge in [-0.25, -0.2) is 0 Å². The van der Waals surface area contributed by atoms with Crippen LogP contribution in [0.5, 0.6) is 0 Å². The summed E-state index contributed by atoms with van der Waals surface area (Å²) in [5, 5.41) is 3.33. The van der Waals surface area contributed by atoms with Crippen molar-refractivity contribution >= 4 is 21.8 Å². The fraction of sp³-hybridized carbons (Fsp3) is 0.562. The molecule has 0 bridgehead atoms. The fourth-order valence-corrected chi connectivity index (χ4v) is 3.10. The van der Waals surface area contributed by atoms with Crippen molar-refractivity contribution in [3.63, 3.8) is 0 Å². The van der Waals surface area contributed by atoms with Gasteiger partial charge in [-0.2, -0.15) is 0 Å². The van der Waals surface area contributed by atoms with E-state index in [1.807, 2.05) is 17.0 Å². The number of carbonyl (C=O) groups excluding carboxylic acids is 1. The van der Waals surface area contributed by atoms with Gasteiger partial charge in [0.25, 0.3) is 0 Å². The Balaban J connectivity index is 1.96. The summed E-state index contributed by atoms with van der Waals surface area (Å²) in [6.45, 7) is 6.96. The van der Waals surface area contributed by atoms with Gasteiger partial charge in [-0.3, -0.25) is 4.79 Å². The summed E-state index contributed by atoms with van der Waals surface area (Å²) in [5.74, 6) is 0.538. The van der Waals surface area contributed by atoms with Crippen molar-refractivity contribution in [1.82, 2.24) is 10.2 Å². The van der Waals surface area contributed by atoms with Crippen LogP contribution >= 0.6 is 15.9 Å². The summed E-state index contributed by atoms with van der Waals surface area (Å²) < 4.78 is 1.08. The molecule has 1 aliphatic heterocycles. The minimum Gasteiger partial charge on any atom is -0.339 e. The quantitative estimate of drug-likeness (QED) is 0.894. The van der Waals surface area contributed by atoms with E-state index in [9.17, 15) is 4.79 Å². The van der Waals surface area contributed by atoms with Gasteiger partial charge in [0.2, 0.25) is 5.91 Å². The summed E-state index contributed by atoms with van der Waals surface area (Å²) in [7, 11) is 0. The topological polar surface area (TPSA) is 32.3 Å². The number of likely N-dealkylation sites (N-methyl/N-ethyl adjacent to an activating group) is 1. The molecule has 1 fully saturated rings. The first-order valence-electron chi connectivity index (χ1n) is 7.37. The number of nitrogens with one attached hydrogen (secondary N) is 1. The molecule has 1 aromatic carbocycles. The molecule has 1 N–H and O–H groups in total. The Kier molecular flexibility index (Phi) is 5.61. The van der Waals surface area contributed by atoms with E-state index in [2.05, 4.69) is 47.2 Å².